The van der Waals surface area contributed by atoms with E-state index in [1.54, 1.807) is 0 Å². The Kier molecular flexibility index (Phi) is 4.00. The standard InChI is InChI=1S/C14H25N3OS/c1-7-15-11(12-9(2)16-17-19-12)10-8-13(3,4)18-14(10,5)6/h10-11,15H,7-8H2,1-6H3. The smallest absolute Gasteiger partial charge is 0.0772 e. The molecule has 19 heavy (non-hydrogen) atoms. The minimum Gasteiger partial charge on any atom is -0.369 e. The van der Waals surface area contributed by atoms with Gasteiger partial charge in [0.25, 0.3) is 0 Å². The van der Waals surface area contributed by atoms with E-state index in [0.717, 1.165) is 18.7 Å². The van der Waals surface area contributed by atoms with Crippen LogP contribution in [0.1, 0.15) is 57.7 Å². The highest BCUT2D eigenvalue weighted by atomic mass is 32.1. The molecular weight excluding hydrogens is 258 g/mol. The van der Waals surface area contributed by atoms with E-state index in [4.69, 9.17) is 4.74 Å². The first-order chi connectivity index (χ1) is 8.77. The van der Waals surface area contributed by atoms with E-state index in [9.17, 15) is 0 Å². The average molecular weight is 283 g/mol. The predicted molar refractivity (Wildman–Crippen MR) is 78.4 cm³/mol. The lowest BCUT2D eigenvalue weighted by Crippen LogP contribution is -2.38. The third-order valence-electron chi connectivity index (χ3n) is 3.94. The Balaban J connectivity index is 2.32. The molecule has 1 aromatic rings. The zero-order chi connectivity index (χ0) is 14.3. The molecule has 5 heteroatoms. The van der Waals surface area contributed by atoms with Gasteiger partial charge < -0.3 is 10.1 Å². The molecule has 2 heterocycles. The Morgan fingerprint density at radius 3 is 2.53 bits per heavy atom. The predicted octanol–water partition coefficient (Wildman–Crippen LogP) is 3.09. The van der Waals surface area contributed by atoms with Gasteiger partial charge in [-0.15, -0.1) is 5.10 Å². The lowest BCUT2D eigenvalue weighted by molar-refractivity contribution is -0.0777. The molecule has 108 valence electrons. The second kappa shape index (κ2) is 5.11. The SMILES string of the molecule is CCNC(c1snnc1C)C1CC(C)(C)OC1(C)C. The molecule has 0 aromatic carbocycles. The molecule has 4 nitrogen and oxygen atoms in total. The summed E-state index contributed by atoms with van der Waals surface area (Å²) in [6.45, 7) is 13.9. The summed E-state index contributed by atoms with van der Waals surface area (Å²) in [5, 5.41) is 7.77. The summed E-state index contributed by atoms with van der Waals surface area (Å²) in [6, 6.07) is 0.279. The number of ether oxygens (including phenoxy) is 1. The van der Waals surface area contributed by atoms with Gasteiger partial charge >= 0.3 is 0 Å². The van der Waals surface area contributed by atoms with Crippen molar-refractivity contribution < 1.29 is 4.74 Å². The van der Waals surface area contributed by atoms with Crippen LogP contribution in [0.15, 0.2) is 0 Å². The first-order valence-corrected chi connectivity index (χ1v) is 7.76. The van der Waals surface area contributed by atoms with Crippen molar-refractivity contribution in [1.82, 2.24) is 14.9 Å². The van der Waals surface area contributed by atoms with Crippen LogP contribution in [0.5, 0.6) is 0 Å². The summed E-state index contributed by atoms with van der Waals surface area (Å²) >= 11 is 1.51. The fraction of sp³-hybridized carbons (Fsp3) is 0.857. The van der Waals surface area contributed by atoms with Crippen LogP contribution in [-0.4, -0.2) is 27.3 Å². The highest BCUT2D eigenvalue weighted by Crippen LogP contribution is 2.48. The molecule has 0 saturated carbocycles. The van der Waals surface area contributed by atoms with E-state index in [1.807, 2.05) is 6.92 Å². The zero-order valence-electron chi connectivity index (χ0n) is 12.8. The molecule has 0 bridgehead atoms. The third kappa shape index (κ3) is 2.98. The third-order valence-corrected chi connectivity index (χ3v) is 4.85. The number of rotatable bonds is 4. The van der Waals surface area contributed by atoms with Crippen LogP contribution in [0.3, 0.4) is 0 Å². The molecule has 1 N–H and O–H groups in total. The molecule has 2 unspecified atom stereocenters. The van der Waals surface area contributed by atoms with Gasteiger partial charge in [-0.1, -0.05) is 11.4 Å². The van der Waals surface area contributed by atoms with Gasteiger partial charge in [-0.25, -0.2) is 0 Å². The monoisotopic (exact) mass is 283 g/mol. The van der Waals surface area contributed by atoms with E-state index in [1.165, 1.54) is 16.4 Å². The largest absolute Gasteiger partial charge is 0.369 e. The second-order valence-electron chi connectivity index (χ2n) is 6.53. The minimum absolute atomic E-state index is 0.0616. The molecule has 0 amide bonds. The van der Waals surface area contributed by atoms with Crippen molar-refractivity contribution in [3.63, 3.8) is 0 Å². The first kappa shape index (κ1) is 14.9. The molecule has 1 aliphatic rings. The maximum Gasteiger partial charge on any atom is 0.0772 e. The fourth-order valence-corrected chi connectivity index (χ4v) is 4.07. The van der Waals surface area contributed by atoms with Gasteiger partial charge in [-0.05, 0) is 59.1 Å². The summed E-state index contributed by atoms with van der Waals surface area (Å²) in [5.41, 5.74) is 0.845. The number of hydrogen-bond acceptors (Lipinski definition) is 5. The second-order valence-corrected chi connectivity index (χ2v) is 7.32. The molecule has 1 aliphatic heterocycles. The molecular formula is C14H25N3OS. The van der Waals surface area contributed by atoms with Crippen molar-refractivity contribution in [2.24, 2.45) is 5.92 Å². The normalized spacial score (nSPS) is 26.5. The maximum absolute atomic E-state index is 6.24. The van der Waals surface area contributed by atoms with Crippen molar-refractivity contribution in [1.29, 1.82) is 0 Å². The highest BCUT2D eigenvalue weighted by Gasteiger charge is 2.49. The van der Waals surface area contributed by atoms with Gasteiger partial charge in [-0.3, -0.25) is 0 Å². The number of nitrogens with zero attached hydrogens (tertiary/aromatic N) is 2. The zero-order valence-corrected chi connectivity index (χ0v) is 13.6. The Hall–Kier alpha value is -0.520. The van der Waals surface area contributed by atoms with Gasteiger partial charge in [0.05, 0.1) is 27.8 Å². The van der Waals surface area contributed by atoms with Crippen molar-refractivity contribution >= 4 is 11.5 Å². The summed E-state index contributed by atoms with van der Waals surface area (Å²) in [7, 11) is 0. The van der Waals surface area contributed by atoms with Gasteiger partial charge in [0.15, 0.2) is 0 Å². The van der Waals surface area contributed by atoms with E-state index in [2.05, 4.69) is 49.5 Å². The van der Waals surface area contributed by atoms with Crippen molar-refractivity contribution in [3.05, 3.63) is 10.6 Å². The molecule has 2 atom stereocenters. The Bertz CT molecular complexity index is 442. The molecule has 0 spiro atoms. The van der Waals surface area contributed by atoms with Crippen LogP contribution >= 0.6 is 11.5 Å². The van der Waals surface area contributed by atoms with E-state index in [0.29, 0.717) is 5.92 Å². The molecule has 0 radical (unpaired) electrons. The van der Waals surface area contributed by atoms with Crippen LogP contribution in [-0.2, 0) is 4.74 Å². The van der Waals surface area contributed by atoms with E-state index in [-0.39, 0.29) is 17.2 Å². The quantitative estimate of drug-likeness (QED) is 0.922. The lowest BCUT2D eigenvalue weighted by Gasteiger charge is -2.33. The summed E-state index contributed by atoms with van der Waals surface area (Å²) in [5.74, 6) is 0.434. The van der Waals surface area contributed by atoms with Crippen LogP contribution in [0.4, 0.5) is 0 Å². The van der Waals surface area contributed by atoms with Gasteiger partial charge in [-0.2, -0.15) is 0 Å². The van der Waals surface area contributed by atoms with Gasteiger partial charge in [0.1, 0.15) is 0 Å². The Morgan fingerprint density at radius 2 is 2.11 bits per heavy atom. The number of aromatic nitrogens is 2. The first-order valence-electron chi connectivity index (χ1n) is 6.99. The minimum atomic E-state index is -0.132. The van der Waals surface area contributed by atoms with Crippen LogP contribution in [0.25, 0.3) is 0 Å². The average Bonchev–Trinajstić information content (AvgIpc) is 2.76. The van der Waals surface area contributed by atoms with Crippen LogP contribution < -0.4 is 5.32 Å². The number of aryl methyl sites for hydroxylation is 1. The molecule has 2 rings (SSSR count). The van der Waals surface area contributed by atoms with Crippen molar-refractivity contribution in [2.75, 3.05) is 6.54 Å². The molecule has 1 fully saturated rings. The van der Waals surface area contributed by atoms with Crippen molar-refractivity contribution in [3.8, 4) is 0 Å². The Morgan fingerprint density at radius 1 is 1.42 bits per heavy atom. The fourth-order valence-electron chi connectivity index (χ4n) is 3.28. The number of nitrogens with one attached hydrogen (secondary N) is 1. The lowest BCUT2D eigenvalue weighted by atomic mass is 9.80. The maximum atomic E-state index is 6.24. The molecule has 1 aromatic heterocycles. The highest BCUT2D eigenvalue weighted by molar-refractivity contribution is 7.05. The topological polar surface area (TPSA) is 47.0 Å². The van der Waals surface area contributed by atoms with Crippen LogP contribution in [0.2, 0.25) is 0 Å². The van der Waals surface area contributed by atoms with Gasteiger partial charge in [0.2, 0.25) is 0 Å². The van der Waals surface area contributed by atoms with Crippen LogP contribution in [0, 0.1) is 12.8 Å². The van der Waals surface area contributed by atoms with Gasteiger partial charge in [0, 0.05) is 5.92 Å². The summed E-state index contributed by atoms with van der Waals surface area (Å²) in [4.78, 5) is 1.25. The van der Waals surface area contributed by atoms with E-state index >= 15 is 0 Å². The summed E-state index contributed by atoms with van der Waals surface area (Å²) < 4.78 is 10.3. The van der Waals surface area contributed by atoms with Crippen molar-refractivity contribution in [2.45, 2.75) is 65.2 Å². The number of hydrogen-bond donors (Lipinski definition) is 1. The van der Waals surface area contributed by atoms with E-state index < -0.39 is 0 Å². The summed E-state index contributed by atoms with van der Waals surface area (Å²) in [6.07, 6.45) is 1.05. The molecule has 1 saturated heterocycles. The Labute approximate surface area is 120 Å². The molecule has 0 aliphatic carbocycles.